The van der Waals surface area contributed by atoms with Crippen LogP contribution in [-0.4, -0.2) is 6.18 Å². The lowest BCUT2D eigenvalue weighted by Crippen LogP contribution is -2.05. The van der Waals surface area contributed by atoms with Crippen LogP contribution in [0.5, 0.6) is 0 Å². The van der Waals surface area contributed by atoms with Gasteiger partial charge in [-0.25, -0.2) is 0 Å². The lowest BCUT2D eigenvalue weighted by atomic mass is 10.1. The molecule has 0 radical (unpaired) electrons. The fourth-order valence-corrected chi connectivity index (χ4v) is 1.17. The predicted molar refractivity (Wildman–Crippen MR) is 53.2 cm³/mol. The minimum absolute atomic E-state index is 0.122. The van der Waals surface area contributed by atoms with Crippen LogP contribution in [0.4, 0.5) is 13.2 Å². The van der Waals surface area contributed by atoms with E-state index in [4.69, 9.17) is 0 Å². The molecule has 0 spiro atoms. The monoisotopic (exact) mass is 208 g/mol. The van der Waals surface area contributed by atoms with Gasteiger partial charge in [-0.1, -0.05) is 38.3 Å². The summed E-state index contributed by atoms with van der Waals surface area (Å²) in [5, 5.41) is 0. The molecule has 0 aromatic heterocycles. The van der Waals surface area contributed by atoms with Crippen molar-refractivity contribution in [1.82, 2.24) is 0 Å². The zero-order chi connectivity index (χ0) is 10.9. The van der Waals surface area contributed by atoms with Gasteiger partial charge in [0.05, 0.1) is 0 Å². The number of rotatable bonds is 7. The highest BCUT2D eigenvalue weighted by molar-refractivity contribution is 4.82. The van der Waals surface area contributed by atoms with Crippen molar-refractivity contribution in [3.63, 3.8) is 0 Å². The summed E-state index contributed by atoms with van der Waals surface area (Å²) < 4.78 is 35.1. The highest BCUT2D eigenvalue weighted by Crippen LogP contribution is 2.21. The standard InChI is InChI=1S/C11H19F3/c1-2-3-4-5-6-7-8-9-10-11(12,13)14/h7-8H,2-6,9-10H2,1H3. The Bertz CT molecular complexity index is 147. The first kappa shape index (κ1) is 13.5. The van der Waals surface area contributed by atoms with E-state index in [1.54, 1.807) is 6.08 Å². The average molecular weight is 208 g/mol. The molecule has 0 saturated carbocycles. The van der Waals surface area contributed by atoms with E-state index >= 15 is 0 Å². The van der Waals surface area contributed by atoms with E-state index in [-0.39, 0.29) is 6.42 Å². The quantitative estimate of drug-likeness (QED) is 0.414. The normalized spacial score (nSPS) is 12.6. The van der Waals surface area contributed by atoms with Crippen molar-refractivity contribution in [2.45, 2.75) is 58.0 Å². The van der Waals surface area contributed by atoms with Gasteiger partial charge < -0.3 is 0 Å². The lowest BCUT2D eigenvalue weighted by molar-refractivity contribution is -0.133. The fraction of sp³-hybridized carbons (Fsp3) is 0.818. The second-order valence-electron chi connectivity index (χ2n) is 3.47. The molecule has 3 heteroatoms. The van der Waals surface area contributed by atoms with Crippen molar-refractivity contribution in [1.29, 1.82) is 0 Å². The fourth-order valence-electron chi connectivity index (χ4n) is 1.17. The van der Waals surface area contributed by atoms with Crippen LogP contribution in [0.3, 0.4) is 0 Å². The van der Waals surface area contributed by atoms with Gasteiger partial charge in [-0.2, -0.15) is 13.2 Å². The SMILES string of the molecule is CCCCCCC=CCCC(F)(F)F. The molecular formula is C11H19F3. The molecule has 84 valence electrons. The van der Waals surface area contributed by atoms with Gasteiger partial charge in [-0.3, -0.25) is 0 Å². The Labute approximate surface area is 84.2 Å². The van der Waals surface area contributed by atoms with Crippen molar-refractivity contribution in [3.05, 3.63) is 12.2 Å². The Balaban J connectivity index is 3.20. The number of unbranched alkanes of at least 4 members (excludes halogenated alkanes) is 4. The van der Waals surface area contributed by atoms with Gasteiger partial charge in [0.25, 0.3) is 0 Å². The van der Waals surface area contributed by atoms with Crippen LogP contribution >= 0.6 is 0 Å². The minimum atomic E-state index is -4.01. The molecular weight excluding hydrogens is 189 g/mol. The third kappa shape index (κ3) is 11.5. The molecule has 0 aromatic rings. The van der Waals surface area contributed by atoms with Crippen LogP contribution in [-0.2, 0) is 0 Å². The molecule has 0 amide bonds. The summed E-state index contributed by atoms with van der Waals surface area (Å²) in [6, 6.07) is 0. The average Bonchev–Trinajstić information content (AvgIpc) is 2.08. The maximum Gasteiger partial charge on any atom is 0.389 e. The van der Waals surface area contributed by atoms with E-state index in [0.29, 0.717) is 0 Å². The molecule has 14 heavy (non-hydrogen) atoms. The third-order valence-corrected chi connectivity index (χ3v) is 1.99. The van der Waals surface area contributed by atoms with E-state index in [0.717, 1.165) is 12.8 Å². The van der Waals surface area contributed by atoms with Crippen molar-refractivity contribution in [2.75, 3.05) is 0 Å². The third-order valence-electron chi connectivity index (χ3n) is 1.99. The first-order valence-corrected chi connectivity index (χ1v) is 5.28. The van der Waals surface area contributed by atoms with E-state index in [1.165, 1.54) is 19.3 Å². The zero-order valence-corrected chi connectivity index (χ0v) is 8.74. The molecule has 0 unspecified atom stereocenters. The first-order chi connectivity index (χ1) is 6.56. The topological polar surface area (TPSA) is 0 Å². The van der Waals surface area contributed by atoms with Crippen LogP contribution in [0.15, 0.2) is 12.2 Å². The molecule has 0 saturated heterocycles. The van der Waals surface area contributed by atoms with Crippen LogP contribution < -0.4 is 0 Å². The molecule has 0 N–H and O–H groups in total. The Morgan fingerprint density at radius 3 is 2.14 bits per heavy atom. The summed E-state index contributed by atoms with van der Waals surface area (Å²) in [4.78, 5) is 0. The van der Waals surface area contributed by atoms with E-state index in [9.17, 15) is 13.2 Å². The molecule has 0 heterocycles. The van der Waals surface area contributed by atoms with Gasteiger partial charge in [0.2, 0.25) is 0 Å². The number of allylic oxidation sites excluding steroid dienone is 2. The van der Waals surface area contributed by atoms with E-state index in [1.807, 2.05) is 6.08 Å². The maximum absolute atomic E-state index is 11.7. The van der Waals surface area contributed by atoms with Crippen LogP contribution in [0, 0.1) is 0 Å². The second-order valence-corrected chi connectivity index (χ2v) is 3.47. The zero-order valence-electron chi connectivity index (χ0n) is 8.74. The Morgan fingerprint density at radius 2 is 1.57 bits per heavy atom. The highest BCUT2D eigenvalue weighted by Gasteiger charge is 2.25. The van der Waals surface area contributed by atoms with Gasteiger partial charge >= 0.3 is 6.18 Å². The molecule has 0 aliphatic heterocycles. The molecule has 0 fully saturated rings. The maximum atomic E-state index is 11.7. The molecule has 0 atom stereocenters. The molecule has 0 rings (SSSR count). The van der Waals surface area contributed by atoms with Crippen LogP contribution in [0.1, 0.15) is 51.9 Å². The number of hydrogen-bond acceptors (Lipinski definition) is 0. The van der Waals surface area contributed by atoms with Crippen molar-refractivity contribution in [3.8, 4) is 0 Å². The molecule has 0 aliphatic rings. The molecule has 0 nitrogen and oxygen atoms in total. The van der Waals surface area contributed by atoms with Crippen LogP contribution in [0.25, 0.3) is 0 Å². The lowest BCUT2D eigenvalue weighted by Gasteiger charge is -2.01. The summed E-state index contributed by atoms with van der Waals surface area (Å²) >= 11 is 0. The van der Waals surface area contributed by atoms with Crippen molar-refractivity contribution >= 4 is 0 Å². The molecule has 0 bridgehead atoms. The van der Waals surface area contributed by atoms with Gasteiger partial charge in [0, 0.05) is 6.42 Å². The summed E-state index contributed by atoms with van der Waals surface area (Å²) in [5.74, 6) is 0. The van der Waals surface area contributed by atoms with Gasteiger partial charge in [-0.05, 0) is 19.3 Å². The molecule has 0 aromatic carbocycles. The van der Waals surface area contributed by atoms with Gasteiger partial charge in [0.15, 0.2) is 0 Å². The number of alkyl halides is 3. The predicted octanol–water partition coefficient (Wildman–Crippen LogP) is 4.86. The smallest absolute Gasteiger partial charge is 0.171 e. The summed E-state index contributed by atoms with van der Waals surface area (Å²) in [7, 11) is 0. The van der Waals surface area contributed by atoms with E-state index < -0.39 is 12.6 Å². The molecule has 0 aliphatic carbocycles. The van der Waals surface area contributed by atoms with Gasteiger partial charge in [-0.15, -0.1) is 0 Å². The van der Waals surface area contributed by atoms with Crippen LogP contribution in [0.2, 0.25) is 0 Å². The number of halogens is 3. The van der Waals surface area contributed by atoms with Crippen molar-refractivity contribution < 1.29 is 13.2 Å². The minimum Gasteiger partial charge on any atom is -0.171 e. The Morgan fingerprint density at radius 1 is 0.929 bits per heavy atom. The summed E-state index contributed by atoms with van der Waals surface area (Å²) in [5.41, 5.74) is 0. The summed E-state index contributed by atoms with van der Waals surface area (Å²) in [6.07, 6.45) is 4.52. The Hall–Kier alpha value is -0.470. The number of hydrogen-bond donors (Lipinski definition) is 0. The summed E-state index contributed by atoms with van der Waals surface area (Å²) in [6.45, 7) is 2.14. The Kier molecular flexibility index (Phi) is 7.63. The van der Waals surface area contributed by atoms with Gasteiger partial charge in [0.1, 0.15) is 0 Å². The first-order valence-electron chi connectivity index (χ1n) is 5.28. The van der Waals surface area contributed by atoms with Crippen molar-refractivity contribution in [2.24, 2.45) is 0 Å². The second kappa shape index (κ2) is 7.89. The highest BCUT2D eigenvalue weighted by atomic mass is 19.4. The largest absolute Gasteiger partial charge is 0.389 e. The van der Waals surface area contributed by atoms with E-state index in [2.05, 4.69) is 6.92 Å².